The van der Waals surface area contributed by atoms with Crippen LogP contribution in [0.1, 0.15) is 22.8 Å². The number of hydrogen-bond donors (Lipinski definition) is 0. The summed E-state index contributed by atoms with van der Waals surface area (Å²) in [5, 5.41) is 0. The van der Waals surface area contributed by atoms with Gasteiger partial charge < -0.3 is 9.47 Å². The summed E-state index contributed by atoms with van der Waals surface area (Å²) in [4.78, 5) is 11.4. The Morgan fingerprint density at radius 3 is 2.57 bits per heavy atom. The van der Waals surface area contributed by atoms with E-state index in [1.54, 1.807) is 20.1 Å². The molecule has 0 unspecified atom stereocenters. The van der Waals surface area contributed by atoms with Crippen molar-refractivity contribution in [1.29, 1.82) is 0 Å². The molecule has 0 saturated carbocycles. The maximum atomic E-state index is 11.4. The van der Waals surface area contributed by atoms with Crippen LogP contribution in [-0.2, 0) is 9.47 Å². The van der Waals surface area contributed by atoms with Crippen molar-refractivity contribution in [2.45, 2.75) is 6.92 Å². The number of allylic oxidation sites excluding steroid dienone is 1. The number of carbonyl (C=O) groups is 1. The van der Waals surface area contributed by atoms with Crippen molar-refractivity contribution in [2.24, 2.45) is 0 Å². The molecule has 14 heavy (non-hydrogen) atoms. The molecule has 72 valence electrons. The lowest BCUT2D eigenvalue weighted by atomic mass is 10.1. The van der Waals surface area contributed by atoms with E-state index in [9.17, 15) is 4.79 Å². The van der Waals surface area contributed by atoms with Crippen LogP contribution in [0.2, 0.25) is 0 Å². The Morgan fingerprint density at radius 1 is 1.29 bits per heavy atom. The number of cyclic esters (lactones) is 1. The third kappa shape index (κ3) is 1.18. The van der Waals surface area contributed by atoms with E-state index < -0.39 is 0 Å². The molecule has 1 aromatic carbocycles. The van der Waals surface area contributed by atoms with Crippen molar-refractivity contribution in [2.75, 3.05) is 7.11 Å². The lowest BCUT2D eigenvalue weighted by molar-refractivity contribution is 0.0707. The van der Waals surface area contributed by atoms with E-state index in [0.29, 0.717) is 17.1 Å². The van der Waals surface area contributed by atoms with Crippen LogP contribution in [0.15, 0.2) is 30.0 Å². The summed E-state index contributed by atoms with van der Waals surface area (Å²) in [6, 6.07) is 7.26. The lowest BCUT2D eigenvalue weighted by Crippen LogP contribution is -1.93. The molecule has 0 N–H and O–H groups in total. The van der Waals surface area contributed by atoms with Crippen LogP contribution in [0, 0.1) is 0 Å². The van der Waals surface area contributed by atoms with Gasteiger partial charge in [0, 0.05) is 5.56 Å². The van der Waals surface area contributed by atoms with E-state index in [2.05, 4.69) is 0 Å². The number of esters is 1. The molecular weight excluding hydrogens is 180 g/mol. The second-order valence-corrected chi connectivity index (χ2v) is 3.02. The van der Waals surface area contributed by atoms with Gasteiger partial charge in [-0.25, -0.2) is 4.79 Å². The molecule has 2 rings (SSSR count). The van der Waals surface area contributed by atoms with Gasteiger partial charge in [-0.1, -0.05) is 18.2 Å². The zero-order valence-electron chi connectivity index (χ0n) is 8.03. The quantitative estimate of drug-likeness (QED) is 0.503. The fourth-order valence-corrected chi connectivity index (χ4v) is 1.42. The molecule has 0 atom stereocenters. The molecule has 0 saturated heterocycles. The maximum Gasteiger partial charge on any atom is 0.344 e. The van der Waals surface area contributed by atoms with Gasteiger partial charge in [0.2, 0.25) is 0 Å². The Morgan fingerprint density at radius 2 is 1.93 bits per heavy atom. The molecule has 0 radical (unpaired) electrons. The predicted molar refractivity (Wildman–Crippen MR) is 51.5 cm³/mol. The van der Waals surface area contributed by atoms with E-state index >= 15 is 0 Å². The van der Waals surface area contributed by atoms with Gasteiger partial charge in [0.25, 0.3) is 0 Å². The van der Waals surface area contributed by atoms with Gasteiger partial charge in [0.15, 0.2) is 5.76 Å². The minimum atomic E-state index is -0.313. The average Bonchev–Trinajstić information content (AvgIpc) is 2.56. The van der Waals surface area contributed by atoms with Crippen LogP contribution in [0.5, 0.6) is 0 Å². The maximum absolute atomic E-state index is 11.4. The largest absolute Gasteiger partial charge is 0.497 e. The number of ether oxygens (including phenoxy) is 2. The van der Waals surface area contributed by atoms with Crippen LogP contribution in [0.3, 0.4) is 0 Å². The van der Waals surface area contributed by atoms with Gasteiger partial charge in [0.05, 0.1) is 12.7 Å². The van der Waals surface area contributed by atoms with E-state index in [1.807, 2.05) is 18.2 Å². The van der Waals surface area contributed by atoms with Gasteiger partial charge in [0.1, 0.15) is 5.76 Å². The van der Waals surface area contributed by atoms with E-state index in [0.717, 1.165) is 5.56 Å². The van der Waals surface area contributed by atoms with Crippen LogP contribution in [0.25, 0.3) is 5.76 Å². The van der Waals surface area contributed by atoms with Crippen LogP contribution >= 0.6 is 0 Å². The summed E-state index contributed by atoms with van der Waals surface area (Å²) in [7, 11) is 1.55. The molecule has 0 aliphatic carbocycles. The highest BCUT2D eigenvalue weighted by Crippen LogP contribution is 2.31. The second kappa shape index (κ2) is 3.18. The van der Waals surface area contributed by atoms with Crippen LogP contribution in [-0.4, -0.2) is 13.1 Å². The Kier molecular flexibility index (Phi) is 2.00. The molecule has 1 heterocycles. The molecule has 1 aliphatic heterocycles. The molecule has 0 amide bonds. The van der Waals surface area contributed by atoms with Crippen molar-refractivity contribution >= 4 is 11.7 Å². The number of fused-ring (bicyclic) bond motifs is 1. The lowest BCUT2D eigenvalue weighted by Gasteiger charge is -2.03. The van der Waals surface area contributed by atoms with Crippen molar-refractivity contribution in [3.05, 3.63) is 41.2 Å². The van der Waals surface area contributed by atoms with Crippen molar-refractivity contribution in [3.63, 3.8) is 0 Å². The van der Waals surface area contributed by atoms with E-state index in [1.165, 1.54) is 0 Å². The molecule has 1 aromatic rings. The standard InChI is InChI=1S/C11H10O3/c1-7(13-2)10-8-5-3-4-6-9(8)11(12)14-10/h3-6H,1-2H3/b10-7-. The number of carbonyl (C=O) groups excluding carboxylic acids is 1. The Labute approximate surface area is 81.9 Å². The summed E-state index contributed by atoms with van der Waals surface area (Å²) in [5.41, 5.74) is 1.40. The minimum Gasteiger partial charge on any atom is -0.497 e. The van der Waals surface area contributed by atoms with Gasteiger partial charge in [-0.2, -0.15) is 0 Å². The van der Waals surface area contributed by atoms with Gasteiger partial charge in [-0.05, 0) is 13.0 Å². The Bertz CT molecular complexity index is 418. The predicted octanol–water partition coefficient (Wildman–Crippen LogP) is 2.19. The summed E-state index contributed by atoms with van der Waals surface area (Å²) in [6.45, 7) is 1.77. The third-order valence-corrected chi connectivity index (χ3v) is 2.21. The zero-order valence-corrected chi connectivity index (χ0v) is 8.03. The molecule has 0 bridgehead atoms. The molecule has 0 fully saturated rings. The Hall–Kier alpha value is -1.77. The molecular formula is C11H10O3. The number of hydrogen-bond acceptors (Lipinski definition) is 3. The van der Waals surface area contributed by atoms with Gasteiger partial charge in [-0.3, -0.25) is 0 Å². The van der Waals surface area contributed by atoms with Crippen molar-refractivity contribution in [3.8, 4) is 0 Å². The molecule has 3 heteroatoms. The third-order valence-electron chi connectivity index (χ3n) is 2.21. The summed E-state index contributed by atoms with van der Waals surface area (Å²) in [5.74, 6) is 0.823. The summed E-state index contributed by atoms with van der Waals surface area (Å²) >= 11 is 0. The highest BCUT2D eigenvalue weighted by atomic mass is 16.6. The summed E-state index contributed by atoms with van der Waals surface area (Å²) in [6.07, 6.45) is 0. The number of rotatable bonds is 1. The first-order valence-corrected chi connectivity index (χ1v) is 4.30. The highest BCUT2D eigenvalue weighted by molar-refractivity contribution is 6.03. The molecule has 0 spiro atoms. The van der Waals surface area contributed by atoms with E-state index in [4.69, 9.17) is 9.47 Å². The normalized spacial score (nSPS) is 17.4. The fraction of sp³-hybridized carbons (Fsp3) is 0.182. The smallest absolute Gasteiger partial charge is 0.344 e. The average molecular weight is 190 g/mol. The first-order valence-electron chi connectivity index (χ1n) is 4.30. The minimum absolute atomic E-state index is 0.313. The van der Waals surface area contributed by atoms with E-state index in [-0.39, 0.29) is 5.97 Å². The highest BCUT2D eigenvalue weighted by Gasteiger charge is 2.27. The first-order chi connectivity index (χ1) is 6.74. The Balaban J connectivity index is 2.60. The van der Waals surface area contributed by atoms with Gasteiger partial charge >= 0.3 is 5.97 Å². The van der Waals surface area contributed by atoms with Crippen molar-refractivity contribution in [1.82, 2.24) is 0 Å². The van der Waals surface area contributed by atoms with Crippen LogP contribution < -0.4 is 0 Å². The topological polar surface area (TPSA) is 35.5 Å². The number of methoxy groups -OCH3 is 1. The fourth-order valence-electron chi connectivity index (χ4n) is 1.42. The molecule has 3 nitrogen and oxygen atoms in total. The number of benzene rings is 1. The zero-order chi connectivity index (χ0) is 10.1. The molecule has 1 aliphatic rings. The van der Waals surface area contributed by atoms with Crippen molar-refractivity contribution < 1.29 is 14.3 Å². The van der Waals surface area contributed by atoms with Gasteiger partial charge in [-0.15, -0.1) is 0 Å². The SMILES string of the molecule is CO/C(C)=C1\OC(=O)c2ccccc21. The monoisotopic (exact) mass is 190 g/mol. The van der Waals surface area contributed by atoms with Crippen LogP contribution in [0.4, 0.5) is 0 Å². The summed E-state index contributed by atoms with van der Waals surface area (Å²) < 4.78 is 10.1. The molecule has 0 aromatic heterocycles. The second-order valence-electron chi connectivity index (χ2n) is 3.02. The first kappa shape index (κ1) is 8.81.